The molecule has 1 aromatic heterocycles. The van der Waals surface area contributed by atoms with Crippen LogP contribution in [0.5, 0.6) is 17.2 Å². The van der Waals surface area contributed by atoms with Gasteiger partial charge in [0, 0.05) is 16.3 Å². The van der Waals surface area contributed by atoms with Gasteiger partial charge in [0.25, 0.3) is 5.91 Å². The van der Waals surface area contributed by atoms with Crippen LogP contribution >= 0.6 is 11.6 Å². The van der Waals surface area contributed by atoms with E-state index in [1.807, 2.05) is 26.8 Å². The van der Waals surface area contributed by atoms with E-state index in [2.05, 4.69) is 5.32 Å². The maximum atomic E-state index is 13.5. The average molecular weight is 508 g/mol. The number of ether oxygens (including phenoxy) is 3. The van der Waals surface area contributed by atoms with E-state index in [0.717, 1.165) is 16.7 Å². The number of aryl methyl sites for hydroxylation is 3. The molecule has 0 unspecified atom stereocenters. The molecular formula is C28H26ClNO6. The predicted molar refractivity (Wildman–Crippen MR) is 141 cm³/mol. The van der Waals surface area contributed by atoms with Crippen LogP contribution < -0.4 is 25.0 Å². The summed E-state index contributed by atoms with van der Waals surface area (Å²) in [6.45, 7) is 5.29. The molecule has 0 bridgehead atoms. The SMILES string of the molecule is COc1ccc(-c2oc3cc(C)c(C)cc3c(=O)c2OCC(=O)Nc2ccc(Cl)cc2C)cc1OC. The highest BCUT2D eigenvalue weighted by Crippen LogP contribution is 2.37. The summed E-state index contributed by atoms with van der Waals surface area (Å²) in [5.41, 5.74) is 3.91. The Morgan fingerprint density at radius 1 is 0.917 bits per heavy atom. The van der Waals surface area contributed by atoms with Crippen molar-refractivity contribution in [2.75, 3.05) is 26.1 Å². The van der Waals surface area contributed by atoms with Crippen molar-refractivity contribution < 1.29 is 23.4 Å². The van der Waals surface area contributed by atoms with Gasteiger partial charge in [-0.3, -0.25) is 9.59 Å². The zero-order valence-corrected chi connectivity index (χ0v) is 21.4. The number of carbonyl (C=O) groups is 1. The Bertz CT molecular complexity index is 1530. The van der Waals surface area contributed by atoms with Crippen molar-refractivity contribution in [3.05, 3.63) is 80.5 Å². The molecule has 4 aromatic rings. The first-order valence-corrected chi connectivity index (χ1v) is 11.6. The van der Waals surface area contributed by atoms with E-state index in [-0.39, 0.29) is 16.9 Å². The largest absolute Gasteiger partial charge is 0.493 e. The Kier molecular flexibility index (Phi) is 7.22. The molecule has 0 aliphatic heterocycles. The molecule has 0 atom stereocenters. The van der Waals surface area contributed by atoms with Crippen molar-refractivity contribution in [3.8, 4) is 28.6 Å². The first kappa shape index (κ1) is 25.1. The molecule has 3 aromatic carbocycles. The molecule has 36 heavy (non-hydrogen) atoms. The molecule has 7 nitrogen and oxygen atoms in total. The molecule has 0 saturated carbocycles. The molecule has 1 heterocycles. The number of fused-ring (bicyclic) bond motifs is 1. The third-order valence-electron chi connectivity index (χ3n) is 5.92. The molecular weight excluding hydrogens is 482 g/mol. The van der Waals surface area contributed by atoms with Crippen molar-refractivity contribution in [1.82, 2.24) is 0 Å². The third-order valence-corrected chi connectivity index (χ3v) is 6.16. The second-order valence-corrected chi connectivity index (χ2v) is 8.82. The molecule has 0 aliphatic carbocycles. The second kappa shape index (κ2) is 10.3. The summed E-state index contributed by atoms with van der Waals surface area (Å²) in [4.78, 5) is 26.2. The Labute approximate surface area is 213 Å². The fourth-order valence-electron chi connectivity index (χ4n) is 3.82. The fourth-order valence-corrected chi connectivity index (χ4v) is 4.05. The first-order chi connectivity index (χ1) is 17.2. The van der Waals surface area contributed by atoms with Crippen LogP contribution in [0.4, 0.5) is 5.69 Å². The Balaban J connectivity index is 1.76. The zero-order chi connectivity index (χ0) is 26.0. The van der Waals surface area contributed by atoms with E-state index in [9.17, 15) is 9.59 Å². The molecule has 0 aliphatic rings. The van der Waals surface area contributed by atoms with Crippen LogP contribution in [-0.4, -0.2) is 26.7 Å². The number of halogens is 1. The van der Waals surface area contributed by atoms with Gasteiger partial charge in [0.2, 0.25) is 11.2 Å². The minimum absolute atomic E-state index is 0.0686. The maximum absolute atomic E-state index is 13.5. The molecule has 4 rings (SSSR count). The van der Waals surface area contributed by atoms with Crippen molar-refractivity contribution in [2.24, 2.45) is 0 Å². The molecule has 8 heteroatoms. The Morgan fingerprint density at radius 2 is 1.64 bits per heavy atom. The number of rotatable bonds is 7. The number of anilines is 1. The summed E-state index contributed by atoms with van der Waals surface area (Å²) in [5, 5.41) is 3.72. The lowest BCUT2D eigenvalue weighted by molar-refractivity contribution is -0.118. The topological polar surface area (TPSA) is 87.0 Å². The average Bonchev–Trinajstić information content (AvgIpc) is 2.86. The number of hydrogen-bond acceptors (Lipinski definition) is 6. The van der Waals surface area contributed by atoms with Gasteiger partial charge in [-0.1, -0.05) is 11.6 Å². The number of methoxy groups -OCH3 is 2. The van der Waals surface area contributed by atoms with Crippen LogP contribution in [0.3, 0.4) is 0 Å². The van der Waals surface area contributed by atoms with Gasteiger partial charge < -0.3 is 23.9 Å². The smallest absolute Gasteiger partial charge is 0.262 e. The van der Waals surface area contributed by atoms with Gasteiger partial charge in [0.15, 0.2) is 23.9 Å². The van der Waals surface area contributed by atoms with Crippen LogP contribution in [0.25, 0.3) is 22.3 Å². The molecule has 1 N–H and O–H groups in total. The summed E-state index contributed by atoms with van der Waals surface area (Å²) < 4.78 is 22.7. The summed E-state index contributed by atoms with van der Waals surface area (Å²) in [5.74, 6) is 0.669. The molecule has 1 amide bonds. The van der Waals surface area contributed by atoms with Crippen LogP contribution in [0.2, 0.25) is 5.02 Å². The van der Waals surface area contributed by atoms with Gasteiger partial charge in [-0.05, 0) is 86.0 Å². The summed E-state index contributed by atoms with van der Waals surface area (Å²) in [6, 6.07) is 13.8. The highest BCUT2D eigenvalue weighted by Gasteiger charge is 2.21. The van der Waals surface area contributed by atoms with E-state index >= 15 is 0 Å². The highest BCUT2D eigenvalue weighted by molar-refractivity contribution is 6.30. The van der Waals surface area contributed by atoms with Gasteiger partial charge in [-0.25, -0.2) is 0 Å². The maximum Gasteiger partial charge on any atom is 0.262 e. The quantitative estimate of drug-likeness (QED) is 0.326. The van der Waals surface area contributed by atoms with E-state index in [1.165, 1.54) is 14.2 Å². The molecule has 0 spiro atoms. The monoisotopic (exact) mass is 507 g/mol. The molecule has 0 fully saturated rings. The normalized spacial score (nSPS) is 10.8. The Morgan fingerprint density at radius 3 is 2.33 bits per heavy atom. The van der Waals surface area contributed by atoms with Crippen LogP contribution in [-0.2, 0) is 4.79 Å². The van der Waals surface area contributed by atoms with Gasteiger partial charge in [0.05, 0.1) is 19.6 Å². The lowest BCUT2D eigenvalue weighted by Gasteiger charge is -2.14. The minimum Gasteiger partial charge on any atom is -0.493 e. The van der Waals surface area contributed by atoms with Crippen molar-refractivity contribution in [2.45, 2.75) is 20.8 Å². The lowest BCUT2D eigenvalue weighted by atomic mass is 10.0. The van der Waals surface area contributed by atoms with E-state index < -0.39 is 12.5 Å². The number of carbonyl (C=O) groups excluding carboxylic acids is 1. The van der Waals surface area contributed by atoms with Crippen LogP contribution in [0, 0.1) is 20.8 Å². The lowest BCUT2D eigenvalue weighted by Crippen LogP contribution is -2.23. The minimum atomic E-state index is -0.432. The fraction of sp³-hybridized carbons (Fsp3) is 0.214. The zero-order valence-electron chi connectivity index (χ0n) is 20.7. The van der Waals surface area contributed by atoms with Gasteiger partial charge in [0.1, 0.15) is 5.58 Å². The predicted octanol–water partition coefficient (Wildman–Crippen LogP) is 6.07. The first-order valence-electron chi connectivity index (χ1n) is 11.2. The van der Waals surface area contributed by atoms with Crippen molar-refractivity contribution in [1.29, 1.82) is 0 Å². The number of amides is 1. The molecule has 0 radical (unpaired) electrons. The Hall–Kier alpha value is -3.97. The van der Waals surface area contributed by atoms with Gasteiger partial charge in [-0.2, -0.15) is 0 Å². The van der Waals surface area contributed by atoms with E-state index in [1.54, 1.807) is 42.5 Å². The highest BCUT2D eigenvalue weighted by atomic mass is 35.5. The third kappa shape index (κ3) is 5.02. The summed E-state index contributed by atoms with van der Waals surface area (Å²) in [6.07, 6.45) is 0. The van der Waals surface area contributed by atoms with Crippen LogP contribution in [0.1, 0.15) is 16.7 Å². The molecule has 0 saturated heterocycles. The van der Waals surface area contributed by atoms with Gasteiger partial charge >= 0.3 is 0 Å². The number of nitrogens with one attached hydrogen (secondary N) is 1. The summed E-state index contributed by atoms with van der Waals surface area (Å²) in [7, 11) is 3.05. The van der Waals surface area contributed by atoms with E-state index in [4.69, 9.17) is 30.2 Å². The number of hydrogen-bond donors (Lipinski definition) is 1. The van der Waals surface area contributed by atoms with E-state index in [0.29, 0.717) is 38.7 Å². The molecule has 186 valence electrons. The standard InChI is InChI=1S/C28H26ClNO6/c1-15-11-20-23(12-16(15)2)36-27(18-6-9-22(33-4)24(13-18)34-5)28(26(20)32)35-14-25(31)30-21-8-7-19(29)10-17(21)3/h6-13H,14H2,1-5H3,(H,30,31). The van der Waals surface area contributed by atoms with Crippen molar-refractivity contribution in [3.63, 3.8) is 0 Å². The van der Waals surface area contributed by atoms with Crippen LogP contribution in [0.15, 0.2) is 57.7 Å². The van der Waals surface area contributed by atoms with Gasteiger partial charge in [-0.15, -0.1) is 0 Å². The summed E-state index contributed by atoms with van der Waals surface area (Å²) >= 11 is 6.00. The number of benzene rings is 3. The second-order valence-electron chi connectivity index (χ2n) is 8.39. The van der Waals surface area contributed by atoms with Crippen molar-refractivity contribution >= 4 is 34.2 Å².